The zero-order chi connectivity index (χ0) is 18.6. The van der Waals surface area contributed by atoms with Crippen LogP contribution < -0.4 is 0 Å². The second-order valence-electron chi connectivity index (χ2n) is 8.66. The van der Waals surface area contributed by atoms with E-state index in [1.165, 1.54) is 0 Å². The van der Waals surface area contributed by atoms with Crippen molar-refractivity contribution >= 4 is 0 Å². The lowest BCUT2D eigenvalue weighted by Crippen LogP contribution is -2.37. The molecule has 0 aromatic carbocycles. The monoisotopic (exact) mass is 352 g/mol. The highest BCUT2D eigenvalue weighted by atomic mass is 19.2. The van der Waals surface area contributed by atoms with Crippen LogP contribution in [0.15, 0.2) is 0 Å². The SMILES string of the molecule is CC(C)C(F)C(F)C(C)C1CCC(C(C)C(F)C(F)C(C)C)CC1. The number of alkyl halides is 4. The molecule has 0 N–H and O–H groups in total. The minimum Gasteiger partial charge on any atom is -0.244 e. The largest absolute Gasteiger partial charge is 0.244 e. The molecule has 0 bridgehead atoms. The van der Waals surface area contributed by atoms with Gasteiger partial charge in [0, 0.05) is 0 Å². The first-order valence-electron chi connectivity index (χ1n) is 9.64. The van der Waals surface area contributed by atoms with E-state index in [-0.39, 0.29) is 35.5 Å². The molecule has 4 heteroatoms. The quantitative estimate of drug-likeness (QED) is 0.425. The summed E-state index contributed by atoms with van der Waals surface area (Å²) in [6, 6.07) is 0. The summed E-state index contributed by atoms with van der Waals surface area (Å²) in [6.45, 7) is 10.4. The zero-order valence-corrected chi connectivity index (χ0v) is 16.1. The fraction of sp³-hybridized carbons (Fsp3) is 1.00. The van der Waals surface area contributed by atoms with Crippen molar-refractivity contribution in [3.05, 3.63) is 0 Å². The molecule has 144 valence electrons. The summed E-state index contributed by atoms with van der Waals surface area (Å²) in [5.41, 5.74) is 0. The Balaban J connectivity index is 2.54. The second-order valence-corrected chi connectivity index (χ2v) is 8.66. The van der Waals surface area contributed by atoms with E-state index in [2.05, 4.69) is 0 Å². The van der Waals surface area contributed by atoms with Crippen molar-refractivity contribution in [1.82, 2.24) is 0 Å². The molecule has 6 atom stereocenters. The van der Waals surface area contributed by atoms with Crippen molar-refractivity contribution in [2.24, 2.45) is 35.5 Å². The molecule has 0 nitrogen and oxygen atoms in total. The summed E-state index contributed by atoms with van der Waals surface area (Å²) >= 11 is 0. The minimum atomic E-state index is -1.44. The van der Waals surface area contributed by atoms with Crippen LogP contribution in [-0.4, -0.2) is 24.7 Å². The van der Waals surface area contributed by atoms with Gasteiger partial charge in [0.15, 0.2) is 0 Å². The van der Waals surface area contributed by atoms with Crippen LogP contribution in [0.3, 0.4) is 0 Å². The zero-order valence-electron chi connectivity index (χ0n) is 16.1. The van der Waals surface area contributed by atoms with Crippen LogP contribution in [0.4, 0.5) is 17.6 Å². The van der Waals surface area contributed by atoms with E-state index in [0.717, 1.165) is 25.7 Å². The minimum absolute atomic E-state index is 0.143. The van der Waals surface area contributed by atoms with Gasteiger partial charge in [-0.25, -0.2) is 17.6 Å². The first-order valence-corrected chi connectivity index (χ1v) is 9.64. The van der Waals surface area contributed by atoms with E-state index >= 15 is 0 Å². The maximum absolute atomic E-state index is 14.3. The lowest BCUT2D eigenvalue weighted by Gasteiger charge is -2.38. The maximum Gasteiger partial charge on any atom is 0.134 e. The molecule has 1 aliphatic carbocycles. The van der Waals surface area contributed by atoms with Crippen LogP contribution in [0.2, 0.25) is 0 Å². The molecule has 0 aromatic rings. The summed E-state index contributed by atoms with van der Waals surface area (Å²) in [4.78, 5) is 0. The van der Waals surface area contributed by atoms with Crippen LogP contribution in [-0.2, 0) is 0 Å². The van der Waals surface area contributed by atoms with Gasteiger partial charge in [-0.3, -0.25) is 0 Å². The predicted octanol–water partition coefficient (Wildman–Crippen LogP) is 6.73. The van der Waals surface area contributed by atoms with E-state index in [1.807, 2.05) is 0 Å². The van der Waals surface area contributed by atoms with Crippen molar-refractivity contribution in [3.8, 4) is 0 Å². The fourth-order valence-corrected chi connectivity index (χ4v) is 4.03. The molecule has 1 aliphatic rings. The van der Waals surface area contributed by atoms with Crippen molar-refractivity contribution in [1.29, 1.82) is 0 Å². The van der Waals surface area contributed by atoms with Crippen LogP contribution in [0, 0.1) is 35.5 Å². The van der Waals surface area contributed by atoms with Gasteiger partial charge in [0.2, 0.25) is 0 Å². The van der Waals surface area contributed by atoms with E-state index in [9.17, 15) is 17.6 Å². The molecule has 0 aromatic heterocycles. The third kappa shape index (κ3) is 5.36. The summed E-state index contributed by atoms with van der Waals surface area (Å²) < 4.78 is 56.5. The number of hydrogen-bond acceptors (Lipinski definition) is 0. The molecule has 0 amide bonds. The Morgan fingerprint density at radius 1 is 0.500 bits per heavy atom. The fourth-order valence-electron chi connectivity index (χ4n) is 4.03. The highest BCUT2D eigenvalue weighted by Crippen LogP contribution is 2.41. The molecule has 1 fully saturated rings. The van der Waals surface area contributed by atoms with E-state index < -0.39 is 24.7 Å². The molecule has 6 unspecified atom stereocenters. The summed E-state index contributed by atoms with van der Waals surface area (Å²) in [6.07, 6.45) is -2.59. The van der Waals surface area contributed by atoms with Gasteiger partial charge in [-0.2, -0.15) is 0 Å². The molecule has 0 heterocycles. The first-order chi connectivity index (χ1) is 11.1. The van der Waals surface area contributed by atoms with Gasteiger partial charge in [-0.1, -0.05) is 41.5 Å². The molecule has 0 spiro atoms. The van der Waals surface area contributed by atoms with Gasteiger partial charge in [0.05, 0.1) is 0 Å². The smallest absolute Gasteiger partial charge is 0.134 e. The third-order valence-corrected chi connectivity index (χ3v) is 6.19. The number of hydrogen-bond donors (Lipinski definition) is 0. The average Bonchev–Trinajstić information content (AvgIpc) is 2.57. The maximum atomic E-state index is 14.3. The highest BCUT2D eigenvalue weighted by Gasteiger charge is 2.39. The van der Waals surface area contributed by atoms with Crippen molar-refractivity contribution in [3.63, 3.8) is 0 Å². The summed E-state index contributed by atoms with van der Waals surface area (Å²) in [5, 5.41) is 0. The molecule has 24 heavy (non-hydrogen) atoms. The van der Waals surface area contributed by atoms with E-state index in [1.54, 1.807) is 41.5 Å². The standard InChI is InChI=1S/C20H36F4/c1-11(2)17(21)19(23)13(5)15-7-9-16(10-8-15)14(6)20(24)18(22)12(3)4/h11-20H,7-10H2,1-6H3. The van der Waals surface area contributed by atoms with Crippen LogP contribution >= 0.6 is 0 Å². The van der Waals surface area contributed by atoms with Crippen molar-refractivity contribution in [2.45, 2.75) is 91.9 Å². The van der Waals surface area contributed by atoms with Crippen LogP contribution in [0.5, 0.6) is 0 Å². The number of rotatable bonds is 8. The van der Waals surface area contributed by atoms with Gasteiger partial charge in [-0.15, -0.1) is 0 Å². The van der Waals surface area contributed by atoms with Crippen LogP contribution in [0.1, 0.15) is 67.2 Å². The van der Waals surface area contributed by atoms with E-state index in [0.29, 0.717) is 0 Å². The Labute approximate surface area is 145 Å². The molecule has 0 aliphatic heterocycles. The van der Waals surface area contributed by atoms with Gasteiger partial charge in [0.25, 0.3) is 0 Å². The molecule has 0 saturated heterocycles. The normalized spacial score (nSPS) is 30.0. The lowest BCUT2D eigenvalue weighted by atomic mass is 9.69. The van der Waals surface area contributed by atoms with Gasteiger partial charge in [0.1, 0.15) is 24.7 Å². The van der Waals surface area contributed by atoms with Crippen molar-refractivity contribution < 1.29 is 17.6 Å². The van der Waals surface area contributed by atoms with Crippen molar-refractivity contribution in [2.75, 3.05) is 0 Å². The Morgan fingerprint density at radius 2 is 0.750 bits per heavy atom. The third-order valence-electron chi connectivity index (χ3n) is 6.19. The van der Waals surface area contributed by atoms with Crippen LogP contribution in [0.25, 0.3) is 0 Å². The molecular weight excluding hydrogens is 316 g/mol. The predicted molar refractivity (Wildman–Crippen MR) is 93.0 cm³/mol. The molecular formula is C20H36F4. The summed E-state index contributed by atoms with van der Waals surface area (Å²) in [5.74, 6) is -0.976. The first kappa shape index (κ1) is 21.8. The number of halogens is 4. The summed E-state index contributed by atoms with van der Waals surface area (Å²) in [7, 11) is 0. The van der Waals surface area contributed by atoms with Gasteiger partial charge >= 0.3 is 0 Å². The molecule has 1 saturated carbocycles. The van der Waals surface area contributed by atoms with E-state index in [4.69, 9.17) is 0 Å². The Morgan fingerprint density at radius 3 is 0.958 bits per heavy atom. The Bertz CT molecular complexity index is 316. The molecule has 1 rings (SSSR count). The Kier molecular flexibility index (Phi) is 8.55. The van der Waals surface area contributed by atoms with Gasteiger partial charge < -0.3 is 0 Å². The average molecular weight is 353 g/mol. The Hall–Kier alpha value is -0.280. The highest BCUT2D eigenvalue weighted by molar-refractivity contribution is 4.88. The lowest BCUT2D eigenvalue weighted by molar-refractivity contribution is 0.0217. The second kappa shape index (κ2) is 9.43. The molecule has 0 radical (unpaired) electrons. The topological polar surface area (TPSA) is 0 Å². The van der Waals surface area contributed by atoms with Gasteiger partial charge in [-0.05, 0) is 61.2 Å².